The van der Waals surface area contributed by atoms with Crippen molar-refractivity contribution in [1.82, 2.24) is 0 Å². The van der Waals surface area contributed by atoms with E-state index < -0.39 is 0 Å². The minimum absolute atomic E-state index is 0.0429. The Kier molecular flexibility index (Phi) is 5.14. The molecule has 0 radical (unpaired) electrons. The average molecular weight is 294 g/mol. The summed E-state index contributed by atoms with van der Waals surface area (Å²) in [6.07, 6.45) is 2.59. The van der Waals surface area contributed by atoms with Crippen LogP contribution in [0.4, 0.5) is 11.4 Å². The first-order valence-electron chi connectivity index (χ1n) is 7.24. The van der Waals surface area contributed by atoms with E-state index >= 15 is 0 Å². The summed E-state index contributed by atoms with van der Waals surface area (Å²) < 4.78 is 5.40. The maximum atomic E-state index is 10.7. The molecule has 1 aromatic carbocycles. The molecule has 0 bridgehead atoms. The Morgan fingerprint density at radius 1 is 1.43 bits per heavy atom. The van der Waals surface area contributed by atoms with E-state index in [0.29, 0.717) is 0 Å². The predicted molar refractivity (Wildman–Crippen MR) is 80.5 cm³/mol. The Morgan fingerprint density at radius 2 is 2.14 bits per heavy atom. The molecular weight excluding hydrogens is 272 g/mol. The fourth-order valence-corrected chi connectivity index (χ4v) is 2.80. The van der Waals surface area contributed by atoms with E-state index in [2.05, 4.69) is 5.32 Å². The van der Waals surface area contributed by atoms with E-state index in [1.54, 1.807) is 12.1 Å². The van der Waals surface area contributed by atoms with Crippen molar-refractivity contribution in [2.24, 2.45) is 5.41 Å². The summed E-state index contributed by atoms with van der Waals surface area (Å²) in [5, 5.41) is 23.4. The van der Waals surface area contributed by atoms with Crippen molar-refractivity contribution < 1.29 is 14.8 Å². The zero-order chi connectivity index (χ0) is 15.3. The number of hydrogen-bond acceptors (Lipinski definition) is 5. The third-order valence-electron chi connectivity index (χ3n) is 4.27. The van der Waals surface area contributed by atoms with E-state index in [0.717, 1.165) is 50.3 Å². The molecule has 0 aliphatic carbocycles. The lowest BCUT2D eigenvalue weighted by Crippen LogP contribution is -2.37. The fraction of sp³-hybridized carbons (Fsp3) is 0.600. The van der Waals surface area contributed by atoms with Crippen LogP contribution in [0.25, 0.3) is 0 Å². The van der Waals surface area contributed by atoms with Crippen molar-refractivity contribution in [3.8, 4) is 0 Å². The number of nitro benzene ring substituents is 1. The van der Waals surface area contributed by atoms with Crippen LogP contribution in [0.5, 0.6) is 0 Å². The van der Waals surface area contributed by atoms with E-state index in [9.17, 15) is 15.2 Å². The van der Waals surface area contributed by atoms with Gasteiger partial charge in [0, 0.05) is 44.2 Å². The van der Waals surface area contributed by atoms with Crippen molar-refractivity contribution in [1.29, 1.82) is 0 Å². The summed E-state index contributed by atoms with van der Waals surface area (Å²) in [4.78, 5) is 10.4. The van der Waals surface area contributed by atoms with Crippen LogP contribution in [0.2, 0.25) is 0 Å². The number of aliphatic hydroxyl groups excluding tert-OH is 1. The lowest BCUT2D eigenvalue weighted by atomic mass is 9.77. The third-order valence-corrected chi connectivity index (χ3v) is 4.27. The summed E-state index contributed by atoms with van der Waals surface area (Å²) in [5.41, 5.74) is 1.91. The van der Waals surface area contributed by atoms with Gasteiger partial charge >= 0.3 is 0 Å². The monoisotopic (exact) mass is 294 g/mol. The first kappa shape index (κ1) is 15.7. The molecule has 0 spiro atoms. The molecule has 21 heavy (non-hydrogen) atoms. The number of nitrogens with zero attached hydrogens (tertiary/aromatic N) is 1. The van der Waals surface area contributed by atoms with Gasteiger partial charge in [0.05, 0.1) is 4.92 Å². The molecule has 1 aliphatic rings. The zero-order valence-corrected chi connectivity index (χ0v) is 12.3. The third kappa shape index (κ3) is 3.92. The van der Waals surface area contributed by atoms with Crippen molar-refractivity contribution in [3.05, 3.63) is 33.9 Å². The van der Waals surface area contributed by atoms with Gasteiger partial charge in [0.1, 0.15) is 0 Å². The second kappa shape index (κ2) is 6.87. The van der Waals surface area contributed by atoms with Crippen LogP contribution in [0.15, 0.2) is 18.2 Å². The predicted octanol–water partition coefficient (Wildman–Crippen LogP) is 2.49. The van der Waals surface area contributed by atoms with Crippen molar-refractivity contribution in [2.75, 3.05) is 31.7 Å². The standard InChI is InChI=1S/C15H22N2O4/c1-12-10-13(17(19)20)2-3-14(12)16-11-15(4-7-18)5-8-21-9-6-15/h2-3,10,16,18H,4-9,11H2,1H3. The highest BCUT2D eigenvalue weighted by atomic mass is 16.6. The Hall–Kier alpha value is -1.66. The molecule has 2 N–H and O–H groups in total. The summed E-state index contributed by atoms with van der Waals surface area (Å²) in [7, 11) is 0. The van der Waals surface area contributed by atoms with Gasteiger partial charge in [-0.25, -0.2) is 0 Å². The number of nitrogens with one attached hydrogen (secondary N) is 1. The van der Waals surface area contributed by atoms with Gasteiger partial charge in [-0.15, -0.1) is 0 Å². The maximum absolute atomic E-state index is 10.7. The molecular formula is C15H22N2O4. The van der Waals surface area contributed by atoms with Gasteiger partial charge < -0.3 is 15.2 Å². The minimum Gasteiger partial charge on any atom is -0.396 e. The van der Waals surface area contributed by atoms with Gasteiger partial charge in [-0.05, 0) is 43.2 Å². The maximum Gasteiger partial charge on any atom is 0.269 e. The van der Waals surface area contributed by atoms with Gasteiger partial charge in [0.2, 0.25) is 0 Å². The SMILES string of the molecule is Cc1cc([N+](=O)[O-])ccc1NCC1(CCO)CCOCC1. The normalized spacial score (nSPS) is 17.4. The molecule has 6 nitrogen and oxygen atoms in total. The summed E-state index contributed by atoms with van der Waals surface area (Å²) >= 11 is 0. The van der Waals surface area contributed by atoms with E-state index in [4.69, 9.17) is 4.74 Å². The Balaban J connectivity index is 2.05. The number of hydrogen-bond donors (Lipinski definition) is 2. The molecule has 1 fully saturated rings. The van der Waals surface area contributed by atoms with E-state index in [1.165, 1.54) is 6.07 Å². The topological polar surface area (TPSA) is 84.6 Å². The van der Waals surface area contributed by atoms with Crippen LogP contribution in [0, 0.1) is 22.5 Å². The molecule has 0 atom stereocenters. The molecule has 1 saturated heterocycles. The van der Waals surface area contributed by atoms with Crippen LogP contribution < -0.4 is 5.32 Å². The first-order chi connectivity index (χ1) is 10.1. The van der Waals surface area contributed by atoms with Gasteiger partial charge in [0.15, 0.2) is 0 Å². The Bertz CT molecular complexity index is 493. The van der Waals surface area contributed by atoms with Crippen LogP contribution in [0.1, 0.15) is 24.8 Å². The summed E-state index contributed by atoms with van der Waals surface area (Å²) in [6.45, 7) is 4.22. The number of ether oxygens (including phenoxy) is 1. The van der Waals surface area contributed by atoms with Gasteiger partial charge in [0.25, 0.3) is 5.69 Å². The number of rotatable bonds is 6. The number of non-ortho nitro benzene ring substituents is 1. The fourth-order valence-electron chi connectivity index (χ4n) is 2.80. The van der Waals surface area contributed by atoms with Crippen molar-refractivity contribution in [3.63, 3.8) is 0 Å². The zero-order valence-electron chi connectivity index (χ0n) is 12.3. The minimum atomic E-state index is -0.386. The number of nitro groups is 1. The van der Waals surface area contributed by atoms with Crippen molar-refractivity contribution >= 4 is 11.4 Å². The van der Waals surface area contributed by atoms with Gasteiger partial charge in [-0.1, -0.05) is 0 Å². The van der Waals surface area contributed by atoms with Crippen LogP contribution in [0.3, 0.4) is 0 Å². The molecule has 1 aromatic rings. The molecule has 0 aromatic heterocycles. The number of aliphatic hydroxyl groups is 1. The molecule has 0 saturated carbocycles. The average Bonchev–Trinajstić information content (AvgIpc) is 2.47. The highest BCUT2D eigenvalue weighted by Crippen LogP contribution is 2.34. The Labute approximate surface area is 124 Å². The summed E-state index contributed by atoms with van der Waals surface area (Å²) in [5.74, 6) is 0. The molecule has 6 heteroatoms. The largest absolute Gasteiger partial charge is 0.396 e. The molecule has 116 valence electrons. The second-order valence-corrected chi connectivity index (χ2v) is 5.70. The smallest absolute Gasteiger partial charge is 0.269 e. The second-order valence-electron chi connectivity index (χ2n) is 5.70. The van der Waals surface area contributed by atoms with Crippen LogP contribution in [-0.2, 0) is 4.74 Å². The molecule has 0 amide bonds. The molecule has 0 unspecified atom stereocenters. The van der Waals surface area contributed by atoms with Crippen LogP contribution in [-0.4, -0.2) is 36.4 Å². The number of aryl methyl sites for hydroxylation is 1. The van der Waals surface area contributed by atoms with Crippen LogP contribution >= 0.6 is 0 Å². The quantitative estimate of drug-likeness (QED) is 0.622. The lowest BCUT2D eigenvalue weighted by Gasteiger charge is -2.37. The van der Waals surface area contributed by atoms with E-state index in [-0.39, 0.29) is 22.6 Å². The molecule has 2 rings (SSSR count). The number of anilines is 1. The molecule has 1 heterocycles. The lowest BCUT2D eigenvalue weighted by molar-refractivity contribution is -0.384. The highest BCUT2D eigenvalue weighted by molar-refractivity contribution is 5.55. The first-order valence-corrected chi connectivity index (χ1v) is 7.24. The van der Waals surface area contributed by atoms with Gasteiger partial charge in [-0.2, -0.15) is 0 Å². The van der Waals surface area contributed by atoms with Gasteiger partial charge in [-0.3, -0.25) is 10.1 Å². The highest BCUT2D eigenvalue weighted by Gasteiger charge is 2.32. The Morgan fingerprint density at radius 3 is 2.71 bits per heavy atom. The molecule has 1 aliphatic heterocycles. The van der Waals surface area contributed by atoms with Crippen molar-refractivity contribution in [2.45, 2.75) is 26.2 Å². The summed E-state index contributed by atoms with van der Waals surface area (Å²) in [6, 6.07) is 4.84. The number of benzene rings is 1. The van der Waals surface area contributed by atoms with E-state index in [1.807, 2.05) is 6.92 Å².